The van der Waals surface area contributed by atoms with Gasteiger partial charge in [-0.1, -0.05) is 30.3 Å². The number of amides is 1. The van der Waals surface area contributed by atoms with Gasteiger partial charge in [0.05, 0.1) is 17.5 Å². The lowest BCUT2D eigenvalue weighted by atomic mass is 10.1. The minimum Gasteiger partial charge on any atom is -0.436 e. The molecule has 1 unspecified atom stereocenters. The number of halogens is 1. The molecule has 1 atom stereocenters. The first kappa shape index (κ1) is 21.1. The Morgan fingerprint density at radius 1 is 1.23 bits per heavy atom. The van der Waals surface area contributed by atoms with E-state index >= 15 is 0 Å². The maximum Gasteiger partial charge on any atom is 0.226 e. The van der Waals surface area contributed by atoms with E-state index in [2.05, 4.69) is 10.4 Å². The summed E-state index contributed by atoms with van der Waals surface area (Å²) < 4.78 is 27.5. The first-order valence-electron chi connectivity index (χ1n) is 10.6. The molecule has 2 aromatic carbocycles. The Balaban J connectivity index is 1.55. The Hall–Kier alpha value is -3.19. The molecule has 1 aliphatic heterocycles. The third-order valence-corrected chi connectivity index (χ3v) is 5.33. The monoisotopic (exact) mass is 423 g/mol. The number of aromatic nitrogens is 2. The van der Waals surface area contributed by atoms with Crippen LogP contribution in [0.15, 0.2) is 54.6 Å². The number of rotatable bonds is 8. The van der Waals surface area contributed by atoms with Gasteiger partial charge in [-0.2, -0.15) is 5.10 Å². The number of benzene rings is 2. The second-order valence-electron chi connectivity index (χ2n) is 7.59. The quantitative estimate of drug-likeness (QED) is 0.585. The van der Waals surface area contributed by atoms with Crippen molar-refractivity contribution in [3.05, 3.63) is 71.7 Å². The molecule has 1 aliphatic rings. The largest absolute Gasteiger partial charge is 0.436 e. The Morgan fingerprint density at radius 2 is 2.00 bits per heavy atom. The zero-order valence-corrected chi connectivity index (χ0v) is 17.5. The van der Waals surface area contributed by atoms with Crippen molar-refractivity contribution < 1.29 is 18.7 Å². The van der Waals surface area contributed by atoms with E-state index in [-0.39, 0.29) is 24.2 Å². The molecule has 1 amide bonds. The number of para-hydroxylation sites is 2. The zero-order chi connectivity index (χ0) is 21.6. The predicted molar refractivity (Wildman–Crippen MR) is 115 cm³/mol. The molecule has 0 radical (unpaired) electrons. The number of carbonyl (C=O) groups excluding carboxylic acids is 1. The molecule has 0 spiro atoms. The van der Waals surface area contributed by atoms with Crippen LogP contribution >= 0.6 is 0 Å². The summed E-state index contributed by atoms with van der Waals surface area (Å²) in [6.45, 7) is 3.15. The van der Waals surface area contributed by atoms with E-state index in [0.717, 1.165) is 36.4 Å². The van der Waals surface area contributed by atoms with Gasteiger partial charge in [-0.25, -0.2) is 9.07 Å². The molecule has 0 aliphatic carbocycles. The number of ether oxygens (including phenoxy) is 2. The van der Waals surface area contributed by atoms with Crippen LogP contribution in [-0.4, -0.2) is 34.9 Å². The molecule has 6 nitrogen and oxygen atoms in total. The summed E-state index contributed by atoms with van der Waals surface area (Å²) >= 11 is 0. The van der Waals surface area contributed by atoms with Crippen LogP contribution in [0.4, 0.5) is 4.39 Å². The van der Waals surface area contributed by atoms with Crippen molar-refractivity contribution in [2.24, 2.45) is 0 Å². The van der Waals surface area contributed by atoms with Crippen molar-refractivity contribution in [2.45, 2.75) is 38.7 Å². The second kappa shape index (κ2) is 9.75. The number of nitrogens with zero attached hydrogens (tertiary/aromatic N) is 2. The molecule has 4 rings (SSSR count). The smallest absolute Gasteiger partial charge is 0.226 e. The summed E-state index contributed by atoms with van der Waals surface area (Å²) in [7, 11) is 0. The van der Waals surface area contributed by atoms with E-state index in [9.17, 15) is 9.18 Å². The van der Waals surface area contributed by atoms with Crippen LogP contribution in [0.3, 0.4) is 0 Å². The number of hydrogen-bond acceptors (Lipinski definition) is 4. The van der Waals surface area contributed by atoms with Gasteiger partial charge in [0.1, 0.15) is 0 Å². The van der Waals surface area contributed by atoms with E-state index in [4.69, 9.17) is 9.47 Å². The summed E-state index contributed by atoms with van der Waals surface area (Å²) in [4.78, 5) is 12.4. The summed E-state index contributed by atoms with van der Waals surface area (Å²) in [5.74, 6) is 0.0183. The van der Waals surface area contributed by atoms with Gasteiger partial charge in [-0.3, -0.25) is 4.79 Å². The zero-order valence-electron chi connectivity index (χ0n) is 17.5. The highest BCUT2D eigenvalue weighted by molar-refractivity contribution is 5.76. The van der Waals surface area contributed by atoms with E-state index in [0.29, 0.717) is 18.8 Å². The molecule has 31 heavy (non-hydrogen) atoms. The first-order valence-corrected chi connectivity index (χ1v) is 10.6. The molecule has 162 valence electrons. The van der Waals surface area contributed by atoms with Gasteiger partial charge in [0.15, 0.2) is 11.6 Å². The van der Waals surface area contributed by atoms with Crippen molar-refractivity contribution in [3.63, 3.8) is 0 Å². The van der Waals surface area contributed by atoms with Crippen LogP contribution in [0.25, 0.3) is 5.69 Å². The maximum absolute atomic E-state index is 14.3. The van der Waals surface area contributed by atoms with Crippen molar-refractivity contribution >= 4 is 5.91 Å². The molecule has 3 aromatic rings. The average Bonchev–Trinajstić information content (AvgIpc) is 3.41. The van der Waals surface area contributed by atoms with Crippen molar-refractivity contribution in [2.75, 3.05) is 13.2 Å². The molecule has 0 bridgehead atoms. The fraction of sp³-hybridized carbons (Fsp3) is 0.333. The average molecular weight is 423 g/mol. The minimum atomic E-state index is -0.457. The number of hydrogen-bond donors (Lipinski definition) is 1. The lowest BCUT2D eigenvalue weighted by Gasteiger charge is -2.13. The van der Waals surface area contributed by atoms with Crippen molar-refractivity contribution in [1.82, 2.24) is 15.1 Å². The topological polar surface area (TPSA) is 65.4 Å². The molecule has 1 N–H and O–H groups in total. The van der Waals surface area contributed by atoms with Crippen LogP contribution < -0.4 is 10.1 Å². The molecule has 0 saturated carbocycles. The summed E-state index contributed by atoms with van der Waals surface area (Å²) in [5.41, 5.74) is 2.31. The van der Waals surface area contributed by atoms with Gasteiger partial charge >= 0.3 is 0 Å². The fourth-order valence-corrected chi connectivity index (χ4v) is 3.67. The molecule has 1 fully saturated rings. The summed E-state index contributed by atoms with van der Waals surface area (Å²) in [6.07, 6.45) is 2.83. The van der Waals surface area contributed by atoms with E-state index in [1.54, 1.807) is 22.9 Å². The fourth-order valence-electron chi connectivity index (χ4n) is 3.67. The van der Waals surface area contributed by atoms with Gasteiger partial charge in [0, 0.05) is 25.1 Å². The normalized spacial score (nSPS) is 15.7. The number of nitrogens with one attached hydrogen (secondary N) is 1. The SMILES string of the molecule is Cc1nn(-c2ccccc2)c(Oc2ccccc2F)c1CCC(=O)NCC1CCCO1. The van der Waals surface area contributed by atoms with Crippen LogP contribution in [0.2, 0.25) is 0 Å². The van der Waals surface area contributed by atoms with E-state index in [1.165, 1.54) is 6.07 Å². The lowest BCUT2D eigenvalue weighted by molar-refractivity contribution is -0.121. The Kier molecular flexibility index (Phi) is 6.62. The first-order chi connectivity index (χ1) is 15.1. The third-order valence-electron chi connectivity index (χ3n) is 5.33. The van der Waals surface area contributed by atoms with Crippen molar-refractivity contribution in [1.29, 1.82) is 0 Å². The molecular formula is C24H26FN3O3. The number of carbonyl (C=O) groups is 1. The second-order valence-corrected chi connectivity index (χ2v) is 7.59. The van der Waals surface area contributed by atoms with Gasteiger partial charge in [0.2, 0.25) is 11.8 Å². The minimum absolute atomic E-state index is 0.0563. The van der Waals surface area contributed by atoms with Crippen LogP contribution in [-0.2, 0) is 16.0 Å². The predicted octanol–water partition coefficient (Wildman–Crippen LogP) is 4.34. The van der Waals surface area contributed by atoms with E-state index < -0.39 is 5.82 Å². The maximum atomic E-state index is 14.3. The number of aryl methyl sites for hydroxylation is 1. The molecule has 7 heteroatoms. The Morgan fingerprint density at radius 3 is 2.74 bits per heavy atom. The molecular weight excluding hydrogens is 397 g/mol. The van der Waals surface area contributed by atoms with Gasteiger partial charge in [0.25, 0.3) is 0 Å². The van der Waals surface area contributed by atoms with Crippen LogP contribution in [0, 0.1) is 12.7 Å². The van der Waals surface area contributed by atoms with Gasteiger partial charge in [-0.05, 0) is 50.5 Å². The summed E-state index contributed by atoms with van der Waals surface area (Å²) in [6, 6.07) is 15.8. The highest BCUT2D eigenvalue weighted by Crippen LogP contribution is 2.32. The van der Waals surface area contributed by atoms with Gasteiger partial charge in [-0.15, -0.1) is 0 Å². The molecule has 1 aromatic heterocycles. The molecule has 1 saturated heterocycles. The van der Waals surface area contributed by atoms with Gasteiger partial charge < -0.3 is 14.8 Å². The summed E-state index contributed by atoms with van der Waals surface area (Å²) in [5, 5.41) is 7.55. The molecule has 2 heterocycles. The highest BCUT2D eigenvalue weighted by Gasteiger charge is 2.21. The Labute approximate surface area is 181 Å². The lowest BCUT2D eigenvalue weighted by Crippen LogP contribution is -2.31. The highest BCUT2D eigenvalue weighted by atomic mass is 19.1. The van der Waals surface area contributed by atoms with E-state index in [1.807, 2.05) is 37.3 Å². The van der Waals surface area contributed by atoms with Crippen LogP contribution in [0.5, 0.6) is 11.6 Å². The standard InChI is InChI=1S/C24H26FN3O3/c1-17-20(13-14-23(29)26-16-19-10-7-15-30-19)24(31-22-12-6-5-11-21(22)25)28(27-17)18-8-3-2-4-9-18/h2-6,8-9,11-12,19H,7,10,13-16H2,1H3,(H,26,29). The third kappa shape index (κ3) is 5.11. The Bertz CT molecular complexity index is 1030. The van der Waals surface area contributed by atoms with Crippen molar-refractivity contribution in [3.8, 4) is 17.3 Å². The van der Waals surface area contributed by atoms with Crippen LogP contribution in [0.1, 0.15) is 30.5 Å².